The SMILES string of the molecule is CCCOCCC(=O)NP(P(P)P)P(P(P)P)P(P)PC(=O)[O-]. The van der Waals surface area contributed by atoms with Gasteiger partial charge in [0.2, 0.25) is 5.91 Å². The lowest BCUT2D eigenvalue weighted by Gasteiger charge is -2.37. The summed E-state index contributed by atoms with van der Waals surface area (Å²) in [5.74, 6) is -0.00542. The lowest BCUT2D eigenvalue weighted by Crippen LogP contribution is -2.18. The zero-order valence-electron chi connectivity index (χ0n) is 12.6. The quantitative estimate of drug-likeness (QED) is 0.258. The van der Waals surface area contributed by atoms with Gasteiger partial charge in [-0.25, -0.2) is 0 Å². The summed E-state index contributed by atoms with van der Waals surface area (Å²) in [6, 6.07) is 0. The number of rotatable bonds is 12. The van der Waals surface area contributed by atoms with E-state index >= 15 is 0 Å². The molecule has 23 heavy (non-hydrogen) atoms. The molecular weight excluding hydrogens is 503 g/mol. The van der Waals surface area contributed by atoms with E-state index in [0.29, 0.717) is 19.6 Å². The lowest BCUT2D eigenvalue weighted by molar-refractivity contribution is -0.232. The Bertz CT molecular complexity index is 372. The normalized spacial score (nSPS) is 16.0. The van der Waals surface area contributed by atoms with Gasteiger partial charge in [-0.3, -0.25) is 4.79 Å². The second kappa shape index (κ2) is 15.5. The van der Waals surface area contributed by atoms with Crippen LogP contribution in [0, 0.1) is 0 Å². The monoisotopic (exact) mass is 526 g/mol. The summed E-state index contributed by atoms with van der Waals surface area (Å²) in [5.41, 5.74) is -0.989. The van der Waals surface area contributed by atoms with Gasteiger partial charge in [0, 0.05) is 13.6 Å². The van der Waals surface area contributed by atoms with Gasteiger partial charge in [-0.1, -0.05) is 6.92 Å². The van der Waals surface area contributed by atoms with E-state index in [0.717, 1.165) is 6.42 Å². The smallest absolute Gasteiger partial charge is 0.226 e. The molecule has 1 N–H and O–H groups in total. The van der Waals surface area contributed by atoms with Gasteiger partial charge in [-0.15, -0.1) is 44.6 Å². The average Bonchev–Trinajstić information content (AvgIpc) is 2.41. The lowest BCUT2D eigenvalue weighted by atomic mass is 10.4. The summed E-state index contributed by atoms with van der Waals surface area (Å²) in [6.07, 6.45) is 1.29. The highest BCUT2D eigenvalue weighted by molar-refractivity contribution is 9.17. The van der Waals surface area contributed by atoms with Gasteiger partial charge in [-0.05, 0) is 35.7 Å². The Balaban J connectivity index is 4.82. The Kier molecular flexibility index (Phi) is 18.0. The first kappa shape index (κ1) is 26.6. The second-order valence-corrected chi connectivity index (χ2v) is 45.1. The number of carbonyl (C=O) groups excluding carboxylic acids is 2. The number of carboxylic acid groups (broad SMARTS) is 1. The van der Waals surface area contributed by atoms with Crippen LogP contribution in [0.5, 0.6) is 0 Å². The first-order valence-electron chi connectivity index (χ1n) is 6.29. The molecule has 9 unspecified atom stereocenters. The van der Waals surface area contributed by atoms with E-state index in [9.17, 15) is 14.7 Å². The van der Waals surface area contributed by atoms with E-state index in [1.807, 2.05) is 6.92 Å². The molecule has 9 atom stereocenters. The largest absolute Gasteiger partial charge is 0.545 e. The minimum Gasteiger partial charge on any atom is -0.545 e. The minimum absolute atomic E-state index is 0.00542. The first-order chi connectivity index (χ1) is 10.7. The van der Waals surface area contributed by atoms with Gasteiger partial charge in [0.1, 0.15) is 0 Å². The molecule has 0 saturated heterocycles. The van der Waals surface area contributed by atoms with Crippen LogP contribution in [0.1, 0.15) is 19.8 Å². The molecule has 0 aliphatic rings. The Labute approximate surface area is 157 Å². The van der Waals surface area contributed by atoms with Crippen molar-refractivity contribution in [1.29, 1.82) is 0 Å². The predicted molar refractivity (Wildman–Crippen MR) is 131 cm³/mol. The van der Waals surface area contributed by atoms with Gasteiger partial charge in [0.25, 0.3) is 0 Å². The highest BCUT2D eigenvalue weighted by atomic mass is 33.2. The Hall–Kier alpha value is 3.63. The number of ether oxygens (including phenoxy) is 1. The molecule has 5 nitrogen and oxygen atoms in total. The molecule has 0 aliphatic heterocycles. The van der Waals surface area contributed by atoms with Gasteiger partial charge in [0.15, 0.2) is 0 Å². The Morgan fingerprint density at radius 2 is 1.74 bits per heavy atom. The third-order valence-electron chi connectivity index (χ3n) is 2.04. The average molecular weight is 526 g/mol. The molecule has 0 heterocycles. The van der Waals surface area contributed by atoms with Crippen molar-refractivity contribution in [3.8, 4) is 0 Å². The summed E-state index contributed by atoms with van der Waals surface area (Å²) in [6.45, 7) is 0.838. The molecule has 16 heteroatoms. The van der Waals surface area contributed by atoms with E-state index in [-0.39, 0.29) is 14.2 Å². The molecule has 136 valence electrons. The number of nitrogens with one attached hydrogen (secondary N) is 1. The van der Waals surface area contributed by atoms with Crippen molar-refractivity contribution in [3.05, 3.63) is 0 Å². The van der Waals surface area contributed by atoms with Crippen LogP contribution in [0.2, 0.25) is 0 Å². The topological polar surface area (TPSA) is 78.5 Å². The molecule has 0 aromatic carbocycles. The van der Waals surface area contributed by atoms with Crippen LogP contribution in [0.15, 0.2) is 0 Å². The van der Waals surface area contributed by atoms with Crippen molar-refractivity contribution in [2.24, 2.45) is 0 Å². The molecule has 0 spiro atoms. The van der Waals surface area contributed by atoms with Gasteiger partial charge < -0.3 is 19.7 Å². The molecule has 0 rings (SSSR count). The molecule has 0 bridgehead atoms. The van der Waals surface area contributed by atoms with Crippen LogP contribution in [0.3, 0.4) is 0 Å². The standard InChI is InChI=1S/C7H24NO4P11/c1-2-4-12-5-3-6(9)8-19(20(13)14)23(21(15)16)22(17)18-7(10)11/h18H,2-5,13-17H2,1H3,(H,8,9)(H,10,11)/p-1. The molecule has 0 radical (unpaired) electrons. The predicted octanol–water partition coefficient (Wildman–Crippen LogP) is 5.79. The van der Waals surface area contributed by atoms with Crippen molar-refractivity contribution >= 4 is 99.9 Å². The van der Waals surface area contributed by atoms with E-state index < -0.39 is 41.1 Å². The summed E-state index contributed by atoms with van der Waals surface area (Å²) in [7, 11) is 13.0. The van der Waals surface area contributed by atoms with Crippen LogP contribution in [0.25, 0.3) is 0 Å². The molecule has 0 aliphatic carbocycles. The summed E-state index contributed by atoms with van der Waals surface area (Å²) in [5, 5.41) is 14.1. The maximum atomic E-state index is 12.2. The van der Waals surface area contributed by atoms with E-state index in [4.69, 9.17) is 4.74 Å². The summed E-state index contributed by atoms with van der Waals surface area (Å²) in [4.78, 5) is 23.1. The van der Waals surface area contributed by atoms with Crippen LogP contribution in [-0.2, 0) is 9.53 Å². The molecule has 1 amide bonds. The van der Waals surface area contributed by atoms with Crippen molar-refractivity contribution in [2.75, 3.05) is 13.2 Å². The van der Waals surface area contributed by atoms with Crippen molar-refractivity contribution in [2.45, 2.75) is 19.8 Å². The van der Waals surface area contributed by atoms with E-state index in [1.54, 1.807) is 0 Å². The zero-order chi connectivity index (χ0) is 18.0. The number of hydrogen-bond donors (Lipinski definition) is 1. The molecule has 0 saturated carbocycles. The fourth-order valence-corrected chi connectivity index (χ4v) is 89.8. The second-order valence-electron chi connectivity index (χ2n) is 3.96. The molecule has 0 aromatic heterocycles. The van der Waals surface area contributed by atoms with E-state index in [2.05, 4.69) is 49.7 Å². The van der Waals surface area contributed by atoms with Gasteiger partial charge in [0.05, 0.1) is 26.2 Å². The summed E-state index contributed by atoms with van der Waals surface area (Å²) < 4.78 is 5.36. The van der Waals surface area contributed by atoms with Gasteiger partial charge >= 0.3 is 0 Å². The number of carbonyl (C=O) groups is 2. The van der Waals surface area contributed by atoms with E-state index in [1.165, 1.54) is 0 Å². The Morgan fingerprint density at radius 1 is 1.13 bits per heavy atom. The minimum atomic E-state index is -0.989. The van der Waals surface area contributed by atoms with Crippen molar-refractivity contribution in [3.63, 3.8) is 0 Å². The molecular formula is C7H23NO4P11-. The zero-order valence-corrected chi connectivity index (χ0v) is 23.8. The fraction of sp³-hybridized carbons (Fsp3) is 0.714. The van der Waals surface area contributed by atoms with Crippen LogP contribution in [-0.4, -0.2) is 24.8 Å². The van der Waals surface area contributed by atoms with Gasteiger partial charge in [-0.2, -0.15) is 0 Å². The molecule has 0 fully saturated rings. The highest BCUT2D eigenvalue weighted by Gasteiger charge is 2.33. The van der Waals surface area contributed by atoms with Crippen molar-refractivity contribution < 1.29 is 19.4 Å². The Morgan fingerprint density at radius 3 is 2.17 bits per heavy atom. The summed E-state index contributed by atoms with van der Waals surface area (Å²) >= 11 is 0. The maximum absolute atomic E-state index is 12.2. The fourth-order valence-electron chi connectivity index (χ4n) is 1.21. The van der Waals surface area contributed by atoms with Crippen LogP contribution in [0.4, 0.5) is 4.79 Å². The highest BCUT2D eigenvalue weighted by Crippen LogP contribution is 3.14. The van der Waals surface area contributed by atoms with Crippen molar-refractivity contribution in [1.82, 2.24) is 5.09 Å². The number of hydrogen-bond acceptors (Lipinski definition) is 4. The maximum Gasteiger partial charge on any atom is 0.226 e. The first-order valence-corrected chi connectivity index (χ1v) is 25.8. The molecule has 0 aromatic rings. The third kappa shape index (κ3) is 12.7. The van der Waals surface area contributed by atoms with Crippen LogP contribution < -0.4 is 10.2 Å². The third-order valence-corrected chi connectivity index (χ3v) is 58.7. The number of amides is 1. The van der Waals surface area contributed by atoms with Crippen LogP contribution >= 0.6 is 88.3 Å².